The molecule has 1 unspecified atom stereocenters. The van der Waals surface area contributed by atoms with Crippen LogP contribution in [0.25, 0.3) is 0 Å². The van der Waals surface area contributed by atoms with Crippen molar-refractivity contribution in [2.45, 2.75) is 65.0 Å². The van der Waals surface area contributed by atoms with Gasteiger partial charge >= 0.3 is 0 Å². The van der Waals surface area contributed by atoms with Gasteiger partial charge in [-0.25, -0.2) is 4.39 Å². The summed E-state index contributed by atoms with van der Waals surface area (Å²) in [6.45, 7) is 6.51. The van der Waals surface area contributed by atoms with E-state index in [2.05, 4.69) is 17.6 Å². The molecular formula is C33H38FN3O2. The lowest BCUT2D eigenvalue weighted by Crippen LogP contribution is -2.46. The molecule has 1 saturated heterocycles. The van der Waals surface area contributed by atoms with Crippen molar-refractivity contribution in [1.29, 1.82) is 0 Å². The highest BCUT2D eigenvalue weighted by Gasteiger charge is 2.40. The van der Waals surface area contributed by atoms with Gasteiger partial charge in [-0.15, -0.1) is 0 Å². The molecule has 3 aromatic rings. The first-order valence-electron chi connectivity index (χ1n) is 14.1. The smallest absolute Gasteiger partial charge is 0.257 e. The quantitative estimate of drug-likeness (QED) is 0.354. The van der Waals surface area contributed by atoms with Gasteiger partial charge in [0.2, 0.25) is 5.91 Å². The first kappa shape index (κ1) is 26.9. The molecule has 1 aliphatic carbocycles. The van der Waals surface area contributed by atoms with E-state index in [0.717, 1.165) is 41.3 Å². The fraction of sp³-hybridized carbons (Fsp3) is 0.394. The second kappa shape index (κ2) is 11.6. The molecule has 0 spiro atoms. The number of anilines is 2. The molecule has 1 aliphatic heterocycles. The molecule has 39 heavy (non-hydrogen) atoms. The molecule has 2 amide bonds. The van der Waals surface area contributed by atoms with E-state index in [9.17, 15) is 14.0 Å². The van der Waals surface area contributed by atoms with Gasteiger partial charge in [-0.3, -0.25) is 9.59 Å². The van der Waals surface area contributed by atoms with Crippen molar-refractivity contribution in [3.05, 3.63) is 94.8 Å². The average Bonchev–Trinajstić information content (AvgIpc) is 3.34. The van der Waals surface area contributed by atoms with E-state index < -0.39 is 17.8 Å². The van der Waals surface area contributed by atoms with Crippen LogP contribution in [-0.2, 0) is 4.79 Å². The summed E-state index contributed by atoms with van der Waals surface area (Å²) in [4.78, 5) is 29.2. The Morgan fingerprint density at radius 3 is 2.28 bits per heavy atom. The molecule has 0 bridgehead atoms. The Balaban J connectivity index is 1.46. The van der Waals surface area contributed by atoms with E-state index >= 15 is 0 Å². The van der Waals surface area contributed by atoms with Crippen LogP contribution in [0.5, 0.6) is 0 Å². The number of hydrogen-bond donors (Lipinski definition) is 2. The van der Waals surface area contributed by atoms with Gasteiger partial charge in [0.1, 0.15) is 5.82 Å². The fourth-order valence-corrected chi connectivity index (χ4v) is 6.18. The predicted octanol–water partition coefficient (Wildman–Crippen LogP) is 7.28. The van der Waals surface area contributed by atoms with Crippen molar-refractivity contribution < 1.29 is 14.0 Å². The maximum Gasteiger partial charge on any atom is 0.257 e. The summed E-state index contributed by atoms with van der Waals surface area (Å²) in [7, 11) is 0. The number of rotatable bonds is 6. The molecule has 3 aromatic carbocycles. The molecule has 4 atom stereocenters. The van der Waals surface area contributed by atoms with Crippen molar-refractivity contribution in [2.24, 2.45) is 11.8 Å². The minimum absolute atomic E-state index is 0.0794. The van der Waals surface area contributed by atoms with E-state index in [4.69, 9.17) is 0 Å². The first-order chi connectivity index (χ1) is 18.8. The third-order valence-electron chi connectivity index (χ3n) is 8.30. The zero-order valence-corrected chi connectivity index (χ0v) is 23.0. The normalized spacial score (nSPS) is 22.9. The number of benzene rings is 3. The molecule has 2 aliphatic rings. The summed E-state index contributed by atoms with van der Waals surface area (Å²) < 4.78 is 14.9. The van der Waals surface area contributed by atoms with Crippen LogP contribution in [0.4, 0.5) is 15.8 Å². The highest BCUT2D eigenvalue weighted by atomic mass is 19.1. The predicted molar refractivity (Wildman–Crippen MR) is 154 cm³/mol. The van der Waals surface area contributed by atoms with E-state index in [1.807, 2.05) is 55.5 Å². The van der Waals surface area contributed by atoms with Gasteiger partial charge in [-0.1, -0.05) is 48.9 Å². The van der Waals surface area contributed by atoms with Crippen molar-refractivity contribution in [1.82, 2.24) is 4.90 Å². The van der Waals surface area contributed by atoms with Crippen LogP contribution in [0.1, 0.15) is 72.1 Å². The second-order valence-corrected chi connectivity index (χ2v) is 11.4. The number of hydrogen-bond acceptors (Lipinski definition) is 3. The first-order valence-corrected chi connectivity index (χ1v) is 14.1. The molecule has 2 fully saturated rings. The number of amides is 2. The van der Waals surface area contributed by atoms with Gasteiger partial charge in [-0.2, -0.15) is 0 Å². The lowest BCUT2D eigenvalue weighted by molar-refractivity contribution is -0.123. The molecule has 1 heterocycles. The van der Waals surface area contributed by atoms with Gasteiger partial charge in [0.05, 0.1) is 17.5 Å². The summed E-state index contributed by atoms with van der Waals surface area (Å²) in [5.74, 6) is -0.765. The number of nitrogens with zero attached hydrogens (tertiary/aromatic N) is 1. The fourth-order valence-electron chi connectivity index (χ4n) is 6.18. The Morgan fingerprint density at radius 2 is 1.62 bits per heavy atom. The topological polar surface area (TPSA) is 61.4 Å². The van der Waals surface area contributed by atoms with Crippen molar-refractivity contribution >= 4 is 23.2 Å². The van der Waals surface area contributed by atoms with E-state index in [0.29, 0.717) is 31.0 Å². The van der Waals surface area contributed by atoms with Crippen molar-refractivity contribution in [3.8, 4) is 0 Å². The Hall–Kier alpha value is -3.67. The van der Waals surface area contributed by atoms with Crippen LogP contribution in [0.2, 0.25) is 0 Å². The van der Waals surface area contributed by atoms with Crippen molar-refractivity contribution in [3.63, 3.8) is 0 Å². The molecule has 0 radical (unpaired) electrons. The number of piperidine rings is 1. The van der Waals surface area contributed by atoms with E-state index in [1.165, 1.54) is 12.5 Å². The average molecular weight is 528 g/mol. The Labute approximate surface area is 230 Å². The van der Waals surface area contributed by atoms with Gasteiger partial charge in [0, 0.05) is 24.0 Å². The third kappa shape index (κ3) is 6.00. The summed E-state index contributed by atoms with van der Waals surface area (Å²) in [6.07, 6.45) is 4.87. The minimum Gasteiger partial charge on any atom is -0.382 e. The van der Waals surface area contributed by atoms with Crippen LogP contribution in [0.15, 0.2) is 66.7 Å². The number of carbonyl (C=O) groups is 2. The zero-order valence-electron chi connectivity index (χ0n) is 23.0. The molecule has 1 saturated carbocycles. The Morgan fingerprint density at radius 1 is 0.897 bits per heavy atom. The minimum atomic E-state index is -0.532. The maximum atomic E-state index is 14.9. The number of aryl methyl sites for hydroxylation is 2. The molecule has 5 rings (SSSR count). The Kier molecular flexibility index (Phi) is 8.01. The van der Waals surface area contributed by atoms with Gasteiger partial charge in [0.15, 0.2) is 0 Å². The molecule has 2 N–H and O–H groups in total. The summed E-state index contributed by atoms with van der Waals surface area (Å²) in [5.41, 5.74) is 4.43. The summed E-state index contributed by atoms with van der Waals surface area (Å²) in [5, 5.41) is 6.70. The molecular weight excluding hydrogens is 489 g/mol. The van der Waals surface area contributed by atoms with Gasteiger partial charge in [0.25, 0.3) is 5.91 Å². The molecule has 0 aromatic heterocycles. The molecule has 6 heteroatoms. The molecule has 204 valence electrons. The van der Waals surface area contributed by atoms with Crippen LogP contribution in [0.3, 0.4) is 0 Å². The largest absolute Gasteiger partial charge is 0.382 e. The zero-order chi connectivity index (χ0) is 27.5. The monoisotopic (exact) mass is 527 g/mol. The summed E-state index contributed by atoms with van der Waals surface area (Å²) >= 11 is 0. The Bertz CT molecular complexity index is 1300. The van der Waals surface area contributed by atoms with Crippen molar-refractivity contribution in [2.75, 3.05) is 17.2 Å². The highest BCUT2D eigenvalue weighted by Crippen LogP contribution is 2.39. The maximum absolute atomic E-state index is 14.9. The number of nitrogens with one attached hydrogen (secondary N) is 2. The number of carbonyl (C=O) groups excluding carboxylic acids is 2. The van der Waals surface area contributed by atoms with Crippen LogP contribution in [0, 0.1) is 31.5 Å². The lowest BCUT2D eigenvalue weighted by Gasteiger charge is -2.41. The third-order valence-corrected chi connectivity index (χ3v) is 8.30. The van der Waals surface area contributed by atoms with Crippen LogP contribution in [-0.4, -0.2) is 29.3 Å². The van der Waals surface area contributed by atoms with Gasteiger partial charge in [-0.05, 0) is 93.3 Å². The number of likely N-dealkylation sites (tertiary alicyclic amines) is 1. The van der Waals surface area contributed by atoms with Crippen LogP contribution >= 0.6 is 0 Å². The summed E-state index contributed by atoms with van der Waals surface area (Å²) in [6, 6.07) is 20.5. The van der Waals surface area contributed by atoms with Gasteiger partial charge < -0.3 is 15.5 Å². The van der Waals surface area contributed by atoms with E-state index in [-0.39, 0.29) is 17.4 Å². The standard InChI is InChI=1S/C33H38FN3O2/c1-21-9-14-26(15-10-21)36-32(38)28-7-5-19-37(33(39)30-23(3)6-4-8-29(30)34)31(28)24-12-17-25(18-13-24)35-27-16-11-22(2)20-27/h4,6,8-10,12-15,17-18,22,27-28,31,35H,5,7,11,16,19-20H2,1-3H3,(H,36,38)/t22-,27?,28+,31+/m1/s1. The molecule has 5 nitrogen and oxygen atoms in total. The lowest BCUT2D eigenvalue weighted by atomic mass is 9.83. The second-order valence-electron chi connectivity index (χ2n) is 11.4. The van der Waals surface area contributed by atoms with Crippen LogP contribution < -0.4 is 10.6 Å². The highest BCUT2D eigenvalue weighted by molar-refractivity contribution is 5.98. The van der Waals surface area contributed by atoms with E-state index in [1.54, 1.807) is 24.0 Å². The SMILES string of the molecule is Cc1ccc(NC(=O)[C@H]2CCCN(C(=O)c3c(C)cccc3F)[C@H]2c2ccc(NC3CC[C@@H](C)C3)cc2)cc1. The number of halogens is 1.